The van der Waals surface area contributed by atoms with E-state index in [1.807, 2.05) is 19.2 Å². The molecule has 1 aromatic rings. The Kier molecular flexibility index (Phi) is 3.74. The van der Waals surface area contributed by atoms with Crippen molar-refractivity contribution in [2.45, 2.75) is 18.7 Å². The molecule has 2 heterocycles. The second kappa shape index (κ2) is 5.52. The highest BCUT2D eigenvalue weighted by molar-refractivity contribution is 5.71. The van der Waals surface area contributed by atoms with Crippen LogP contribution in [0.1, 0.15) is 17.2 Å². The molecule has 5 nitrogen and oxygen atoms in total. The van der Waals surface area contributed by atoms with Crippen molar-refractivity contribution in [2.75, 3.05) is 26.9 Å². The van der Waals surface area contributed by atoms with Crippen molar-refractivity contribution in [1.29, 1.82) is 0 Å². The number of carboxylic acids is 1. The van der Waals surface area contributed by atoms with Crippen molar-refractivity contribution >= 4 is 5.97 Å². The van der Waals surface area contributed by atoms with Gasteiger partial charge in [-0.05, 0) is 18.2 Å². The lowest BCUT2D eigenvalue weighted by molar-refractivity contribution is -0.143. The number of hydrogen-bond acceptors (Lipinski definition) is 4. The molecule has 0 bridgehead atoms. The molecule has 1 aromatic carbocycles. The predicted molar refractivity (Wildman–Crippen MR) is 72.3 cm³/mol. The van der Waals surface area contributed by atoms with Crippen LogP contribution in [0.5, 0.6) is 0 Å². The highest BCUT2D eigenvalue weighted by atomic mass is 16.5. The number of likely N-dealkylation sites (N-methyl/N-ethyl adjacent to an activating group) is 1. The van der Waals surface area contributed by atoms with E-state index in [0.29, 0.717) is 26.4 Å². The molecule has 0 spiro atoms. The maximum atomic E-state index is 11.3. The molecular formula is C15H19NO4. The van der Waals surface area contributed by atoms with Crippen molar-refractivity contribution in [3.63, 3.8) is 0 Å². The fourth-order valence-electron chi connectivity index (χ4n) is 3.11. The number of nitrogens with zero attached hydrogens (tertiary/aromatic N) is 1. The Morgan fingerprint density at radius 1 is 1.25 bits per heavy atom. The number of ether oxygens (including phenoxy) is 2. The van der Waals surface area contributed by atoms with Crippen molar-refractivity contribution < 1.29 is 19.4 Å². The molecule has 1 fully saturated rings. The monoisotopic (exact) mass is 277 g/mol. The van der Waals surface area contributed by atoms with Crippen LogP contribution in [0.2, 0.25) is 0 Å². The standard InChI is InChI=1S/C15H19NO4/c1-16(14-9-20-7-12(14)15(17)18)13-8-19-6-10-4-2-3-5-11(10)13/h2-5,12-14H,6-9H2,1H3,(H,17,18). The summed E-state index contributed by atoms with van der Waals surface area (Å²) in [6.07, 6.45) is 0. The molecule has 1 saturated heterocycles. The first-order valence-electron chi connectivity index (χ1n) is 6.86. The molecule has 2 aliphatic rings. The van der Waals surface area contributed by atoms with Crippen LogP contribution in [0.4, 0.5) is 0 Å². The van der Waals surface area contributed by atoms with Gasteiger partial charge in [-0.1, -0.05) is 24.3 Å². The molecular weight excluding hydrogens is 258 g/mol. The van der Waals surface area contributed by atoms with E-state index in [4.69, 9.17) is 9.47 Å². The van der Waals surface area contributed by atoms with Crippen LogP contribution in [0.25, 0.3) is 0 Å². The highest BCUT2D eigenvalue weighted by Gasteiger charge is 2.40. The minimum absolute atomic E-state index is 0.0912. The molecule has 108 valence electrons. The molecule has 20 heavy (non-hydrogen) atoms. The largest absolute Gasteiger partial charge is 0.481 e. The quantitative estimate of drug-likeness (QED) is 0.902. The van der Waals surface area contributed by atoms with Gasteiger partial charge < -0.3 is 14.6 Å². The number of carbonyl (C=O) groups is 1. The lowest BCUT2D eigenvalue weighted by atomic mass is 9.94. The van der Waals surface area contributed by atoms with Gasteiger partial charge in [0.2, 0.25) is 0 Å². The Morgan fingerprint density at radius 2 is 2.05 bits per heavy atom. The zero-order valence-electron chi connectivity index (χ0n) is 11.5. The Bertz CT molecular complexity index is 504. The van der Waals surface area contributed by atoms with E-state index >= 15 is 0 Å². The summed E-state index contributed by atoms with van der Waals surface area (Å²) in [7, 11) is 1.96. The van der Waals surface area contributed by atoms with Crippen molar-refractivity contribution in [3.05, 3.63) is 35.4 Å². The summed E-state index contributed by atoms with van der Waals surface area (Å²) in [5.74, 6) is -1.25. The SMILES string of the molecule is CN(C1COCc2ccccc21)C1COCC1C(=O)O. The van der Waals surface area contributed by atoms with Crippen LogP contribution in [0, 0.1) is 5.92 Å². The Morgan fingerprint density at radius 3 is 2.85 bits per heavy atom. The molecule has 5 heteroatoms. The van der Waals surface area contributed by atoms with Gasteiger partial charge in [-0.2, -0.15) is 0 Å². The summed E-state index contributed by atoms with van der Waals surface area (Å²) in [4.78, 5) is 13.4. The summed E-state index contributed by atoms with van der Waals surface area (Å²) < 4.78 is 11.0. The first-order valence-corrected chi connectivity index (χ1v) is 6.86. The smallest absolute Gasteiger partial charge is 0.310 e. The van der Waals surface area contributed by atoms with Gasteiger partial charge in [0.15, 0.2) is 0 Å². The number of carboxylic acid groups (broad SMARTS) is 1. The van der Waals surface area contributed by atoms with Crippen molar-refractivity contribution in [1.82, 2.24) is 4.90 Å². The molecule has 0 aromatic heterocycles. The number of hydrogen-bond donors (Lipinski definition) is 1. The average molecular weight is 277 g/mol. The van der Waals surface area contributed by atoms with Crippen LogP contribution in [-0.2, 0) is 20.9 Å². The van der Waals surface area contributed by atoms with E-state index in [9.17, 15) is 9.90 Å². The fraction of sp³-hybridized carbons (Fsp3) is 0.533. The second-order valence-corrected chi connectivity index (χ2v) is 5.44. The Hall–Kier alpha value is -1.43. The van der Waals surface area contributed by atoms with Gasteiger partial charge in [-0.3, -0.25) is 9.69 Å². The average Bonchev–Trinajstić information content (AvgIpc) is 2.95. The molecule has 3 rings (SSSR count). The van der Waals surface area contributed by atoms with E-state index < -0.39 is 11.9 Å². The van der Waals surface area contributed by atoms with Gasteiger partial charge in [-0.15, -0.1) is 0 Å². The van der Waals surface area contributed by atoms with Gasteiger partial charge in [0, 0.05) is 6.04 Å². The highest BCUT2D eigenvalue weighted by Crippen LogP contribution is 2.32. The summed E-state index contributed by atoms with van der Waals surface area (Å²) in [6, 6.07) is 8.18. The van der Waals surface area contributed by atoms with Gasteiger partial charge in [0.25, 0.3) is 0 Å². The third kappa shape index (κ3) is 2.32. The van der Waals surface area contributed by atoms with Gasteiger partial charge >= 0.3 is 5.97 Å². The zero-order chi connectivity index (χ0) is 14.1. The first kappa shape index (κ1) is 13.5. The van der Waals surface area contributed by atoms with Crippen LogP contribution < -0.4 is 0 Å². The fourth-order valence-corrected chi connectivity index (χ4v) is 3.11. The van der Waals surface area contributed by atoms with E-state index in [1.54, 1.807) is 0 Å². The topological polar surface area (TPSA) is 59.0 Å². The maximum absolute atomic E-state index is 11.3. The second-order valence-electron chi connectivity index (χ2n) is 5.44. The van der Waals surface area contributed by atoms with Crippen LogP contribution in [0.3, 0.4) is 0 Å². The number of benzene rings is 1. The molecule has 0 saturated carbocycles. The minimum Gasteiger partial charge on any atom is -0.481 e. The minimum atomic E-state index is -0.788. The van der Waals surface area contributed by atoms with E-state index in [-0.39, 0.29) is 12.1 Å². The molecule has 0 amide bonds. The number of rotatable bonds is 3. The molecule has 3 unspecified atom stereocenters. The van der Waals surface area contributed by atoms with E-state index in [1.165, 1.54) is 11.1 Å². The third-order valence-electron chi connectivity index (χ3n) is 4.33. The van der Waals surface area contributed by atoms with Gasteiger partial charge in [0.1, 0.15) is 0 Å². The number of fused-ring (bicyclic) bond motifs is 1. The normalized spacial score (nSPS) is 29.4. The maximum Gasteiger partial charge on any atom is 0.310 e. The number of aliphatic carboxylic acids is 1. The molecule has 0 radical (unpaired) electrons. The molecule has 0 aliphatic carbocycles. The van der Waals surface area contributed by atoms with E-state index in [2.05, 4.69) is 17.0 Å². The summed E-state index contributed by atoms with van der Waals surface area (Å²) >= 11 is 0. The van der Waals surface area contributed by atoms with Gasteiger partial charge in [-0.25, -0.2) is 0 Å². The lowest BCUT2D eigenvalue weighted by Crippen LogP contribution is -2.45. The molecule has 2 aliphatic heterocycles. The van der Waals surface area contributed by atoms with Crippen LogP contribution in [0.15, 0.2) is 24.3 Å². The Labute approximate surface area is 118 Å². The lowest BCUT2D eigenvalue weighted by Gasteiger charge is -2.37. The van der Waals surface area contributed by atoms with Crippen molar-refractivity contribution in [3.8, 4) is 0 Å². The predicted octanol–water partition coefficient (Wildman–Crippen LogP) is 1.29. The zero-order valence-corrected chi connectivity index (χ0v) is 11.5. The van der Waals surface area contributed by atoms with Crippen LogP contribution >= 0.6 is 0 Å². The van der Waals surface area contributed by atoms with Crippen LogP contribution in [-0.4, -0.2) is 48.9 Å². The summed E-state index contributed by atoms with van der Waals surface area (Å²) in [5.41, 5.74) is 2.42. The molecule has 1 N–H and O–H groups in total. The van der Waals surface area contributed by atoms with Gasteiger partial charge in [0.05, 0.1) is 38.4 Å². The summed E-state index contributed by atoms with van der Waals surface area (Å²) in [6.45, 7) is 1.98. The summed E-state index contributed by atoms with van der Waals surface area (Å²) in [5, 5.41) is 9.29. The first-order chi connectivity index (χ1) is 9.68. The van der Waals surface area contributed by atoms with E-state index in [0.717, 1.165) is 0 Å². The van der Waals surface area contributed by atoms with Crippen molar-refractivity contribution in [2.24, 2.45) is 5.92 Å². The Balaban J connectivity index is 1.84. The molecule has 3 atom stereocenters. The third-order valence-corrected chi connectivity index (χ3v) is 4.33.